The van der Waals surface area contributed by atoms with Gasteiger partial charge in [0.1, 0.15) is 0 Å². The van der Waals surface area contributed by atoms with Crippen molar-refractivity contribution in [3.8, 4) is 23.0 Å². The molecule has 0 spiro atoms. The molecule has 0 unspecified atom stereocenters. The Bertz CT molecular complexity index is 1000. The quantitative estimate of drug-likeness (QED) is 0.571. The molecule has 1 aliphatic heterocycles. The lowest BCUT2D eigenvalue weighted by molar-refractivity contribution is 0.0438. The van der Waals surface area contributed by atoms with Gasteiger partial charge < -0.3 is 18.6 Å². The van der Waals surface area contributed by atoms with E-state index in [0.29, 0.717) is 41.2 Å². The average Bonchev–Trinajstić information content (AvgIpc) is 3.03. The van der Waals surface area contributed by atoms with Crippen LogP contribution in [0.2, 0.25) is 10.0 Å². The third-order valence-electron chi connectivity index (χ3n) is 3.92. The van der Waals surface area contributed by atoms with Gasteiger partial charge in [-0.2, -0.15) is 0 Å². The van der Waals surface area contributed by atoms with Crippen LogP contribution < -0.4 is 9.47 Å². The third-order valence-corrected chi connectivity index (χ3v) is 4.46. The van der Waals surface area contributed by atoms with Gasteiger partial charge in [0.25, 0.3) is 5.89 Å². The van der Waals surface area contributed by atoms with Crippen LogP contribution in [0.25, 0.3) is 11.5 Å². The molecular weight excluding hydrogens is 407 g/mol. The van der Waals surface area contributed by atoms with E-state index in [2.05, 4.69) is 10.2 Å². The smallest absolute Gasteiger partial charge is 0.338 e. The first-order chi connectivity index (χ1) is 13.6. The zero-order chi connectivity index (χ0) is 19.5. The Morgan fingerprint density at radius 2 is 1.86 bits per heavy atom. The summed E-state index contributed by atoms with van der Waals surface area (Å²) >= 11 is 12.1. The van der Waals surface area contributed by atoms with E-state index in [1.807, 2.05) is 0 Å². The number of rotatable bonds is 4. The van der Waals surface area contributed by atoms with E-state index < -0.39 is 5.97 Å². The zero-order valence-electron chi connectivity index (χ0n) is 14.5. The maximum atomic E-state index is 12.4. The summed E-state index contributed by atoms with van der Waals surface area (Å²) in [6.07, 6.45) is 0.734. The van der Waals surface area contributed by atoms with Gasteiger partial charge >= 0.3 is 5.97 Å². The van der Waals surface area contributed by atoms with E-state index >= 15 is 0 Å². The molecule has 0 aliphatic carbocycles. The molecule has 1 aliphatic rings. The number of hydrogen-bond donors (Lipinski definition) is 0. The van der Waals surface area contributed by atoms with E-state index in [1.165, 1.54) is 6.07 Å². The van der Waals surface area contributed by atoms with E-state index in [4.69, 9.17) is 41.8 Å². The summed E-state index contributed by atoms with van der Waals surface area (Å²) in [6.45, 7) is 0.812. The van der Waals surface area contributed by atoms with Gasteiger partial charge in [0.05, 0.1) is 23.8 Å². The Morgan fingerprint density at radius 3 is 2.68 bits per heavy atom. The lowest BCUT2D eigenvalue weighted by Crippen LogP contribution is -2.06. The van der Waals surface area contributed by atoms with Crippen molar-refractivity contribution in [3.63, 3.8) is 0 Å². The zero-order valence-corrected chi connectivity index (χ0v) is 16.0. The Labute approximate surface area is 170 Å². The van der Waals surface area contributed by atoms with Crippen molar-refractivity contribution in [2.75, 3.05) is 13.2 Å². The minimum atomic E-state index is -0.594. The molecule has 4 rings (SSSR count). The highest BCUT2D eigenvalue weighted by Gasteiger charge is 2.20. The molecule has 7 nitrogen and oxygen atoms in total. The number of fused-ring (bicyclic) bond motifs is 1. The Kier molecular flexibility index (Phi) is 5.36. The van der Waals surface area contributed by atoms with E-state index in [-0.39, 0.29) is 23.1 Å². The molecule has 2 heterocycles. The Morgan fingerprint density at radius 1 is 1.07 bits per heavy atom. The monoisotopic (exact) mass is 420 g/mol. The molecule has 3 aromatic rings. The predicted molar refractivity (Wildman–Crippen MR) is 101 cm³/mol. The number of hydrogen-bond acceptors (Lipinski definition) is 7. The van der Waals surface area contributed by atoms with Crippen LogP contribution in [0, 0.1) is 0 Å². The van der Waals surface area contributed by atoms with Crippen molar-refractivity contribution in [2.45, 2.75) is 13.0 Å². The molecule has 0 fully saturated rings. The molecule has 0 saturated heterocycles. The van der Waals surface area contributed by atoms with Gasteiger partial charge in [-0.3, -0.25) is 0 Å². The summed E-state index contributed by atoms with van der Waals surface area (Å²) in [5.41, 5.74) is 0.954. The van der Waals surface area contributed by atoms with Crippen LogP contribution in [0.1, 0.15) is 22.7 Å². The fourth-order valence-corrected chi connectivity index (χ4v) is 2.97. The normalized spacial score (nSPS) is 13.1. The standard InChI is InChI=1S/C19H14Cl2N2O5/c20-13-4-2-11(3-5-13)18-23-22-16(28-18)10-27-19(24)12-8-14(21)17-15(9-12)25-6-1-7-26-17/h2-5,8-9H,1,6-7,10H2. The number of carbonyl (C=O) groups excluding carboxylic acids is 1. The van der Waals surface area contributed by atoms with Gasteiger partial charge in [0.15, 0.2) is 18.1 Å². The number of benzene rings is 2. The summed E-state index contributed by atoms with van der Waals surface area (Å²) in [5.74, 6) is 0.726. The van der Waals surface area contributed by atoms with Crippen LogP contribution in [-0.4, -0.2) is 29.4 Å². The van der Waals surface area contributed by atoms with Crippen molar-refractivity contribution in [3.05, 3.63) is 57.9 Å². The minimum Gasteiger partial charge on any atom is -0.489 e. The van der Waals surface area contributed by atoms with Crippen LogP contribution >= 0.6 is 23.2 Å². The van der Waals surface area contributed by atoms with Gasteiger partial charge in [0, 0.05) is 17.0 Å². The van der Waals surface area contributed by atoms with Crippen molar-refractivity contribution in [1.82, 2.24) is 10.2 Å². The molecule has 144 valence electrons. The van der Waals surface area contributed by atoms with Crippen molar-refractivity contribution < 1.29 is 23.4 Å². The first-order valence-electron chi connectivity index (χ1n) is 8.45. The van der Waals surface area contributed by atoms with Crippen LogP contribution in [0.3, 0.4) is 0 Å². The number of carbonyl (C=O) groups is 1. The summed E-state index contributed by atoms with van der Waals surface area (Å²) in [7, 11) is 0. The van der Waals surface area contributed by atoms with Crippen LogP contribution in [0.15, 0.2) is 40.8 Å². The second kappa shape index (κ2) is 8.08. The fourth-order valence-electron chi connectivity index (χ4n) is 2.58. The molecule has 9 heteroatoms. The number of aromatic nitrogens is 2. The third kappa shape index (κ3) is 4.05. The van der Waals surface area contributed by atoms with E-state index in [0.717, 1.165) is 6.42 Å². The molecule has 1 aromatic heterocycles. The largest absolute Gasteiger partial charge is 0.489 e. The molecule has 28 heavy (non-hydrogen) atoms. The van der Waals surface area contributed by atoms with Crippen LogP contribution in [0.5, 0.6) is 11.5 Å². The maximum absolute atomic E-state index is 12.4. The number of nitrogens with zero attached hydrogens (tertiary/aromatic N) is 2. The lowest BCUT2D eigenvalue weighted by atomic mass is 10.2. The summed E-state index contributed by atoms with van der Waals surface area (Å²) < 4.78 is 21.9. The first-order valence-corrected chi connectivity index (χ1v) is 9.20. The van der Waals surface area contributed by atoms with Crippen molar-refractivity contribution in [1.29, 1.82) is 0 Å². The summed E-state index contributed by atoms with van der Waals surface area (Å²) in [5, 5.41) is 8.71. The maximum Gasteiger partial charge on any atom is 0.338 e. The van der Waals surface area contributed by atoms with Crippen LogP contribution in [-0.2, 0) is 11.3 Å². The molecule has 0 N–H and O–H groups in total. The minimum absolute atomic E-state index is 0.166. The van der Waals surface area contributed by atoms with Gasteiger partial charge in [-0.15, -0.1) is 10.2 Å². The lowest BCUT2D eigenvalue weighted by Gasteiger charge is -2.11. The van der Waals surface area contributed by atoms with Crippen molar-refractivity contribution >= 4 is 29.2 Å². The van der Waals surface area contributed by atoms with Gasteiger partial charge in [-0.05, 0) is 36.4 Å². The summed E-state index contributed by atoms with van der Waals surface area (Å²) in [4.78, 5) is 12.4. The number of halogens is 2. The molecule has 0 atom stereocenters. The molecular formula is C19H14Cl2N2O5. The van der Waals surface area contributed by atoms with Gasteiger partial charge in [-0.25, -0.2) is 4.79 Å². The molecule has 0 bridgehead atoms. The van der Waals surface area contributed by atoms with Crippen LogP contribution in [0.4, 0.5) is 0 Å². The second-order valence-electron chi connectivity index (χ2n) is 5.92. The van der Waals surface area contributed by atoms with E-state index in [1.54, 1.807) is 30.3 Å². The number of esters is 1. The van der Waals surface area contributed by atoms with E-state index in [9.17, 15) is 4.79 Å². The molecule has 0 radical (unpaired) electrons. The Balaban J connectivity index is 1.44. The number of ether oxygens (including phenoxy) is 3. The van der Waals surface area contributed by atoms with Crippen molar-refractivity contribution in [2.24, 2.45) is 0 Å². The molecule has 2 aromatic carbocycles. The molecule has 0 amide bonds. The predicted octanol–water partition coefficient (Wildman–Crippen LogP) is 4.56. The van der Waals surface area contributed by atoms with Gasteiger partial charge in [-0.1, -0.05) is 23.2 Å². The van der Waals surface area contributed by atoms with Gasteiger partial charge in [0.2, 0.25) is 5.89 Å². The summed E-state index contributed by atoms with van der Waals surface area (Å²) in [6, 6.07) is 9.96. The molecule has 0 saturated carbocycles. The first kappa shape index (κ1) is 18.6. The highest BCUT2D eigenvalue weighted by atomic mass is 35.5. The Hall–Kier alpha value is -2.77. The highest BCUT2D eigenvalue weighted by molar-refractivity contribution is 6.32. The average molecular weight is 421 g/mol. The highest BCUT2D eigenvalue weighted by Crippen LogP contribution is 2.38. The fraction of sp³-hybridized carbons (Fsp3) is 0.211. The topological polar surface area (TPSA) is 83.7 Å². The second-order valence-corrected chi connectivity index (χ2v) is 6.76. The SMILES string of the molecule is O=C(OCc1nnc(-c2ccc(Cl)cc2)o1)c1cc(Cl)c2c(c1)OCCCO2.